The fourth-order valence-corrected chi connectivity index (χ4v) is 1.59. The van der Waals surface area contributed by atoms with Crippen molar-refractivity contribution in [1.29, 1.82) is 0 Å². The van der Waals surface area contributed by atoms with Crippen LogP contribution in [0.3, 0.4) is 0 Å². The van der Waals surface area contributed by atoms with E-state index in [1.807, 2.05) is 0 Å². The van der Waals surface area contributed by atoms with Crippen molar-refractivity contribution in [2.24, 2.45) is 0 Å². The maximum Gasteiger partial charge on any atom is 0.333 e. The second kappa shape index (κ2) is 4.35. The van der Waals surface area contributed by atoms with E-state index in [2.05, 4.69) is 4.74 Å². The number of methoxy groups -OCH3 is 1. The topological polar surface area (TPSA) is 35.5 Å². The van der Waals surface area contributed by atoms with Gasteiger partial charge in [-0.3, -0.25) is 0 Å². The van der Waals surface area contributed by atoms with Crippen molar-refractivity contribution in [1.82, 2.24) is 0 Å². The zero-order valence-corrected chi connectivity index (χ0v) is 8.83. The predicted octanol–water partition coefficient (Wildman–Crippen LogP) is 2.21. The molecule has 2 rings (SSSR count). The monoisotopic (exact) mass is 222 g/mol. The van der Waals surface area contributed by atoms with Crippen molar-refractivity contribution in [3.05, 3.63) is 41.4 Å². The number of rotatable bonds is 1. The molecule has 84 valence electrons. The molecule has 1 aromatic rings. The fourth-order valence-electron chi connectivity index (χ4n) is 1.59. The van der Waals surface area contributed by atoms with E-state index in [4.69, 9.17) is 4.74 Å². The number of aryl methyl sites for hydroxylation is 1. The molecule has 0 radical (unpaired) electrons. The molecule has 1 aliphatic rings. The number of carbonyl (C=O) groups is 1. The number of halogens is 1. The molecule has 0 bridgehead atoms. The van der Waals surface area contributed by atoms with Crippen molar-refractivity contribution in [3.8, 4) is 5.75 Å². The number of carbonyl (C=O) groups excluding carboxylic acids is 1. The molecule has 1 aromatic carbocycles. The number of ether oxygens (including phenoxy) is 2. The summed E-state index contributed by atoms with van der Waals surface area (Å²) in [4.78, 5) is 11.0. The van der Waals surface area contributed by atoms with Crippen LogP contribution in [0.4, 0.5) is 4.39 Å². The average molecular weight is 222 g/mol. The van der Waals surface area contributed by atoms with Crippen LogP contribution < -0.4 is 4.74 Å². The summed E-state index contributed by atoms with van der Waals surface area (Å²) < 4.78 is 22.9. The molecule has 0 unspecified atom stereocenters. The third kappa shape index (κ3) is 2.21. The number of benzene rings is 1. The lowest BCUT2D eigenvalue weighted by molar-refractivity contribution is -0.135. The van der Waals surface area contributed by atoms with Gasteiger partial charge in [-0.05, 0) is 30.2 Å². The van der Waals surface area contributed by atoms with Gasteiger partial charge in [-0.2, -0.15) is 0 Å². The Morgan fingerprint density at radius 2 is 2.31 bits per heavy atom. The van der Waals surface area contributed by atoms with Gasteiger partial charge in [0.2, 0.25) is 0 Å². The highest BCUT2D eigenvalue weighted by atomic mass is 19.1. The second-order valence-electron chi connectivity index (χ2n) is 3.49. The highest BCUT2D eigenvalue weighted by molar-refractivity contribution is 5.82. The molecule has 1 heterocycles. The van der Waals surface area contributed by atoms with Crippen LogP contribution in [0.5, 0.6) is 5.75 Å². The number of fused-ring (bicyclic) bond motifs is 1. The van der Waals surface area contributed by atoms with Gasteiger partial charge in [0.05, 0.1) is 13.2 Å². The van der Waals surface area contributed by atoms with Crippen molar-refractivity contribution < 1.29 is 18.7 Å². The summed E-state index contributed by atoms with van der Waals surface area (Å²) in [5.74, 6) is 0.428. The summed E-state index contributed by atoms with van der Waals surface area (Å²) in [7, 11) is 1.31. The third-order valence-electron chi connectivity index (χ3n) is 2.38. The van der Waals surface area contributed by atoms with E-state index in [9.17, 15) is 9.18 Å². The van der Waals surface area contributed by atoms with E-state index in [0.717, 1.165) is 5.56 Å². The maximum atomic E-state index is 12.9. The molecule has 0 aromatic heterocycles. The van der Waals surface area contributed by atoms with Crippen LogP contribution in [0, 0.1) is 5.82 Å². The van der Waals surface area contributed by atoms with Gasteiger partial charge < -0.3 is 9.47 Å². The Morgan fingerprint density at radius 1 is 1.50 bits per heavy atom. The number of esters is 1. The molecule has 0 aliphatic carbocycles. The normalized spacial score (nSPS) is 16.5. The average Bonchev–Trinajstić information content (AvgIpc) is 2.29. The SMILES string of the molecule is COC(=O)/C=C1/CCc2cc(F)ccc2O1. The Morgan fingerprint density at radius 3 is 3.06 bits per heavy atom. The minimum absolute atomic E-state index is 0.275. The van der Waals surface area contributed by atoms with E-state index >= 15 is 0 Å². The van der Waals surface area contributed by atoms with Crippen molar-refractivity contribution in [3.63, 3.8) is 0 Å². The molecule has 0 atom stereocenters. The highest BCUT2D eigenvalue weighted by Gasteiger charge is 2.16. The number of hydrogen-bond acceptors (Lipinski definition) is 3. The molecule has 0 fully saturated rings. The second-order valence-corrected chi connectivity index (χ2v) is 3.49. The summed E-state index contributed by atoms with van der Waals surface area (Å²) in [5.41, 5.74) is 0.821. The van der Waals surface area contributed by atoms with Gasteiger partial charge in [0.15, 0.2) is 0 Å². The van der Waals surface area contributed by atoms with Gasteiger partial charge in [0.25, 0.3) is 0 Å². The Bertz CT molecular complexity index is 452. The van der Waals surface area contributed by atoms with Gasteiger partial charge in [-0.25, -0.2) is 9.18 Å². The molecule has 0 spiro atoms. The van der Waals surface area contributed by atoms with E-state index in [-0.39, 0.29) is 5.82 Å². The van der Waals surface area contributed by atoms with E-state index in [1.54, 1.807) is 6.07 Å². The van der Waals surface area contributed by atoms with Gasteiger partial charge >= 0.3 is 5.97 Å². The first-order chi connectivity index (χ1) is 7.69. The van der Waals surface area contributed by atoms with E-state index in [1.165, 1.54) is 25.3 Å². The molecule has 0 saturated heterocycles. The van der Waals surface area contributed by atoms with Gasteiger partial charge in [-0.15, -0.1) is 0 Å². The zero-order valence-electron chi connectivity index (χ0n) is 8.83. The lowest BCUT2D eigenvalue weighted by Crippen LogP contribution is -2.09. The fraction of sp³-hybridized carbons (Fsp3) is 0.250. The molecular formula is C12H11FO3. The summed E-state index contributed by atoms with van der Waals surface area (Å²) in [6, 6.07) is 4.35. The first-order valence-corrected chi connectivity index (χ1v) is 4.94. The van der Waals surface area contributed by atoms with Crippen LogP contribution in [0.1, 0.15) is 12.0 Å². The molecule has 3 nitrogen and oxygen atoms in total. The van der Waals surface area contributed by atoms with Gasteiger partial charge in [0.1, 0.15) is 17.3 Å². The Hall–Kier alpha value is -1.84. The molecule has 0 N–H and O–H groups in total. The quantitative estimate of drug-likeness (QED) is 0.539. The summed E-state index contributed by atoms with van der Waals surface area (Å²) in [5, 5.41) is 0. The minimum Gasteiger partial charge on any atom is -0.466 e. The van der Waals surface area contributed by atoms with Crippen LogP contribution in [0.25, 0.3) is 0 Å². The van der Waals surface area contributed by atoms with Crippen LogP contribution in [-0.4, -0.2) is 13.1 Å². The van der Waals surface area contributed by atoms with E-state index < -0.39 is 5.97 Å². The molecule has 0 saturated carbocycles. The summed E-state index contributed by atoms with van der Waals surface area (Å²) >= 11 is 0. The van der Waals surface area contributed by atoms with Crippen molar-refractivity contribution in [2.75, 3.05) is 7.11 Å². The molecule has 16 heavy (non-hydrogen) atoms. The first kappa shape index (κ1) is 10.7. The number of hydrogen-bond donors (Lipinski definition) is 0. The minimum atomic E-state index is -0.444. The largest absolute Gasteiger partial charge is 0.466 e. The van der Waals surface area contributed by atoms with Crippen LogP contribution in [0.15, 0.2) is 30.0 Å². The smallest absolute Gasteiger partial charge is 0.333 e. The molecule has 0 amide bonds. The van der Waals surface area contributed by atoms with Crippen molar-refractivity contribution >= 4 is 5.97 Å². The third-order valence-corrected chi connectivity index (χ3v) is 2.38. The molecular weight excluding hydrogens is 211 g/mol. The Labute approximate surface area is 92.5 Å². The lowest BCUT2D eigenvalue weighted by Gasteiger charge is -2.19. The van der Waals surface area contributed by atoms with Gasteiger partial charge in [0, 0.05) is 6.42 Å². The maximum absolute atomic E-state index is 12.9. The van der Waals surface area contributed by atoms with E-state index in [0.29, 0.717) is 24.4 Å². The predicted molar refractivity (Wildman–Crippen MR) is 55.4 cm³/mol. The van der Waals surface area contributed by atoms with Crippen molar-refractivity contribution in [2.45, 2.75) is 12.8 Å². The first-order valence-electron chi connectivity index (χ1n) is 4.94. The van der Waals surface area contributed by atoms with Crippen LogP contribution in [-0.2, 0) is 16.0 Å². The lowest BCUT2D eigenvalue weighted by atomic mass is 10.0. The molecule has 4 heteroatoms. The van der Waals surface area contributed by atoms with Crippen LogP contribution >= 0.6 is 0 Å². The standard InChI is InChI=1S/C12H11FO3/c1-15-12(14)7-10-4-2-8-6-9(13)3-5-11(8)16-10/h3,5-7H,2,4H2,1H3/b10-7-. The summed E-state index contributed by atoms with van der Waals surface area (Å²) in [6.45, 7) is 0. The Kier molecular flexibility index (Phi) is 2.90. The van der Waals surface area contributed by atoms with Crippen LogP contribution in [0.2, 0.25) is 0 Å². The number of allylic oxidation sites excluding steroid dienone is 1. The molecule has 1 aliphatic heterocycles. The van der Waals surface area contributed by atoms with Gasteiger partial charge in [-0.1, -0.05) is 0 Å². The Balaban J connectivity index is 2.21. The highest BCUT2D eigenvalue weighted by Crippen LogP contribution is 2.29. The summed E-state index contributed by atoms with van der Waals surface area (Å²) in [6.07, 6.45) is 2.55. The zero-order chi connectivity index (χ0) is 11.5.